The van der Waals surface area contributed by atoms with Crippen LogP contribution in [0.3, 0.4) is 0 Å². The van der Waals surface area contributed by atoms with E-state index in [0.29, 0.717) is 11.0 Å². The van der Waals surface area contributed by atoms with Crippen LogP contribution in [0.2, 0.25) is 0 Å². The number of anilines is 1. The van der Waals surface area contributed by atoms with Crippen LogP contribution in [0.4, 0.5) is 10.1 Å². The quantitative estimate of drug-likeness (QED) is 0.645. The molecule has 2 aromatic carbocycles. The minimum absolute atomic E-state index is 0.295. The lowest BCUT2D eigenvalue weighted by Gasteiger charge is -2.08. The Labute approximate surface area is 123 Å². The smallest absolute Gasteiger partial charge is 0.326 e. The Hall–Kier alpha value is -3.09. The second kappa shape index (κ2) is 5.36. The highest BCUT2D eigenvalue weighted by molar-refractivity contribution is 5.93. The number of amides is 1. The number of halogens is 1. The van der Waals surface area contributed by atoms with Gasteiger partial charge in [-0.3, -0.25) is 9.36 Å². The van der Waals surface area contributed by atoms with E-state index in [4.69, 9.17) is 0 Å². The predicted molar refractivity (Wildman–Crippen MR) is 79.3 cm³/mol. The van der Waals surface area contributed by atoms with E-state index in [2.05, 4.69) is 10.3 Å². The number of hydrogen-bond acceptors (Lipinski definition) is 3. The minimum atomic E-state index is -0.750. The number of phenolic OH excluding ortho intramolecular Hbond substituents is 1. The van der Waals surface area contributed by atoms with Crippen LogP contribution in [0.25, 0.3) is 11.0 Å². The molecule has 3 N–H and O–H groups in total. The van der Waals surface area contributed by atoms with Gasteiger partial charge >= 0.3 is 5.69 Å². The molecule has 0 saturated carbocycles. The lowest BCUT2D eigenvalue weighted by molar-refractivity contribution is -0.116. The number of nitrogens with zero attached hydrogens (tertiary/aromatic N) is 1. The standard InChI is InChI=1S/C15H12FN3O3/c16-9-4-3-7-12(20)14(9)18-13(21)8-19-11-6-2-1-5-10(11)17-15(19)22/h1-7,20H,8H2,(H,17,22)(H,18,21). The summed E-state index contributed by atoms with van der Waals surface area (Å²) in [6.07, 6.45) is 0. The Balaban J connectivity index is 1.88. The molecular weight excluding hydrogens is 289 g/mol. The first-order valence-electron chi connectivity index (χ1n) is 6.51. The number of carbonyl (C=O) groups is 1. The first kappa shape index (κ1) is 13.9. The molecule has 112 valence electrons. The highest BCUT2D eigenvalue weighted by Gasteiger charge is 2.14. The molecule has 1 aromatic heterocycles. The monoisotopic (exact) mass is 301 g/mol. The van der Waals surface area contributed by atoms with Gasteiger partial charge in [0.15, 0.2) is 5.82 Å². The molecule has 7 heteroatoms. The second-order valence-corrected chi connectivity index (χ2v) is 4.72. The first-order valence-corrected chi connectivity index (χ1v) is 6.51. The molecule has 0 aliphatic heterocycles. The number of phenols is 1. The predicted octanol–water partition coefficient (Wildman–Crippen LogP) is 1.81. The Morgan fingerprint density at radius 2 is 2.00 bits per heavy atom. The molecule has 0 aliphatic carbocycles. The van der Waals surface area contributed by atoms with Gasteiger partial charge in [0.1, 0.15) is 18.0 Å². The molecule has 0 atom stereocenters. The zero-order valence-corrected chi connectivity index (χ0v) is 11.3. The van der Waals surface area contributed by atoms with Crippen molar-refractivity contribution in [2.45, 2.75) is 6.54 Å². The van der Waals surface area contributed by atoms with Crippen molar-refractivity contribution in [3.05, 3.63) is 58.8 Å². The zero-order chi connectivity index (χ0) is 15.7. The molecular formula is C15H12FN3O3. The van der Waals surface area contributed by atoms with E-state index in [-0.39, 0.29) is 18.0 Å². The van der Waals surface area contributed by atoms with Gasteiger partial charge in [-0.05, 0) is 24.3 Å². The van der Waals surface area contributed by atoms with Gasteiger partial charge in [-0.25, -0.2) is 9.18 Å². The fraction of sp³-hybridized carbons (Fsp3) is 0.0667. The van der Waals surface area contributed by atoms with E-state index in [9.17, 15) is 19.1 Å². The summed E-state index contributed by atoms with van der Waals surface area (Å²) in [6.45, 7) is -0.295. The van der Waals surface area contributed by atoms with E-state index in [1.165, 1.54) is 16.7 Å². The number of rotatable bonds is 3. The number of H-pyrrole nitrogens is 1. The van der Waals surface area contributed by atoms with Crippen LogP contribution >= 0.6 is 0 Å². The highest BCUT2D eigenvalue weighted by atomic mass is 19.1. The van der Waals surface area contributed by atoms with Crippen molar-refractivity contribution < 1.29 is 14.3 Å². The number of carbonyl (C=O) groups excluding carboxylic acids is 1. The zero-order valence-electron chi connectivity index (χ0n) is 11.3. The average Bonchev–Trinajstić information content (AvgIpc) is 2.79. The van der Waals surface area contributed by atoms with Crippen molar-refractivity contribution >= 4 is 22.6 Å². The third-order valence-electron chi connectivity index (χ3n) is 3.24. The second-order valence-electron chi connectivity index (χ2n) is 4.72. The van der Waals surface area contributed by atoms with Crippen molar-refractivity contribution in [3.63, 3.8) is 0 Å². The molecule has 22 heavy (non-hydrogen) atoms. The Morgan fingerprint density at radius 3 is 2.77 bits per heavy atom. The third kappa shape index (κ3) is 2.44. The van der Waals surface area contributed by atoms with Crippen LogP contribution in [0.1, 0.15) is 0 Å². The van der Waals surface area contributed by atoms with E-state index < -0.39 is 17.4 Å². The van der Waals surface area contributed by atoms with Crippen LogP contribution in [0.15, 0.2) is 47.3 Å². The van der Waals surface area contributed by atoms with E-state index in [0.717, 1.165) is 6.07 Å². The maximum absolute atomic E-state index is 13.6. The number of benzene rings is 2. The van der Waals surface area contributed by atoms with Crippen molar-refractivity contribution in [2.75, 3.05) is 5.32 Å². The van der Waals surface area contributed by atoms with Gasteiger partial charge in [0.05, 0.1) is 11.0 Å². The molecule has 0 saturated heterocycles. The maximum atomic E-state index is 13.6. The fourth-order valence-electron chi connectivity index (χ4n) is 2.22. The number of aromatic nitrogens is 2. The summed E-state index contributed by atoms with van der Waals surface area (Å²) >= 11 is 0. The van der Waals surface area contributed by atoms with Crippen molar-refractivity contribution in [3.8, 4) is 5.75 Å². The molecule has 0 spiro atoms. The summed E-state index contributed by atoms with van der Waals surface area (Å²) in [4.78, 5) is 26.5. The number of para-hydroxylation sites is 3. The SMILES string of the molecule is O=C(Cn1c(=O)[nH]c2ccccc21)Nc1c(O)cccc1F. The topological polar surface area (TPSA) is 87.1 Å². The van der Waals surface area contributed by atoms with Crippen LogP contribution < -0.4 is 11.0 Å². The Kier molecular flexibility index (Phi) is 3.38. The van der Waals surface area contributed by atoms with Crippen LogP contribution in [0.5, 0.6) is 5.75 Å². The molecule has 3 rings (SSSR count). The third-order valence-corrected chi connectivity index (χ3v) is 3.24. The number of aromatic amines is 1. The van der Waals surface area contributed by atoms with Gasteiger partial charge in [0.25, 0.3) is 0 Å². The highest BCUT2D eigenvalue weighted by Crippen LogP contribution is 2.25. The van der Waals surface area contributed by atoms with Crippen LogP contribution in [-0.2, 0) is 11.3 Å². The van der Waals surface area contributed by atoms with Gasteiger partial charge in [-0.15, -0.1) is 0 Å². The molecule has 0 bridgehead atoms. The summed E-state index contributed by atoms with van der Waals surface area (Å²) in [7, 11) is 0. The van der Waals surface area contributed by atoms with Crippen LogP contribution in [0, 0.1) is 5.82 Å². The Morgan fingerprint density at radius 1 is 1.23 bits per heavy atom. The molecule has 1 heterocycles. The van der Waals surface area contributed by atoms with Gasteiger partial charge in [-0.2, -0.15) is 0 Å². The summed E-state index contributed by atoms with van der Waals surface area (Å²) in [5.74, 6) is -1.74. The normalized spacial score (nSPS) is 10.8. The average molecular weight is 301 g/mol. The molecule has 1 amide bonds. The molecule has 3 aromatic rings. The molecule has 0 radical (unpaired) electrons. The van der Waals surface area contributed by atoms with E-state index >= 15 is 0 Å². The van der Waals surface area contributed by atoms with Gasteiger partial charge in [0.2, 0.25) is 5.91 Å². The van der Waals surface area contributed by atoms with Crippen molar-refractivity contribution in [1.29, 1.82) is 0 Å². The molecule has 0 aliphatic rings. The number of nitrogens with one attached hydrogen (secondary N) is 2. The van der Waals surface area contributed by atoms with Crippen molar-refractivity contribution in [1.82, 2.24) is 9.55 Å². The van der Waals surface area contributed by atoms with Gasteiger partial charge < -0.3 is 15.4 Å². The molecule has 0 unspecified atom stereocenters. The lowest BCUT2D eigenvalue weighted by atomic mass is 10.2. The van der Waals surface area contributed by atoms with E-state index in [1.807, 2.05) is 0 Å². The van der Waals surface area contributed by atoms with Crippen molar-refractivity contribution in [2.24, 2.45) is 0 Å². The molecule has 6 nitrogen and oxygen atoms in total. The summed E-state index contributed by atoms with van der Waals surface area (Å²) < 4.78 is 14.8. The lowest BCUT2D eigenvalue weighted by Crippen LogP contribution is -2.26. The number of imidazole rings is 1. The number of aromatic hydroxyl groups is 1. The summed E-state index contributed by atoms with van der Waals surface area (Å²) in [6, 6.07) is 10.6. The largest absolute Gasteiger partial charge is 0.506 e. The van der Waals surface area contributed by atoms with Gasteiger partial charge in [0, 0.05) is 0 Å². The fourth-order valence-corrected chi connectivity index (χ4v) is 2.22. The van der Waals surface area contributed by atoms with E-state index in [1.54, 1.807) is 24.3 Å². The molecule has 0 fully saturated rings. The summed E-state index contributed by atoms with van der Waals surface area (Å²) in [5, 5.41) is 11.8. The Bertz CT molecular complexity index is 894. The van der Waals surface area contributed by atoms with Gasteiger partial charge in [-0.1, -0.05) is 18.2 Å². The summed E-state index contributed by atoms with van der Waals surface area (Å²) in [5.41, 5.74) is 0.434. The minimum Gasteiger partial charge on any atom is -0.506 e. The first-order chi connectivity index (χ1) is 10.6. The maximum Gasteiger partial charge on any atom is 0.326 e. The number of hydrogen-bond donors (Lipinski definition) is 3. The van der Waals surface area contributed by atoms with Crippen LogP contribution in [-0.4, -0.2) is 20.6 Å². The number of fused-ring (bicyclic) bond motifs is 1.